The summed E-state index contributed by atoms with van der Waals surface area (Å²) in [7, 11) is 0. The van der Waals surface area contributed by atoms with Gasteiger partial charge in [-0.2, -0.15) is 0 Å². The first-order chi connectivity index (χ1) is 9.74. The molecule has 0 spiro atoms. The average molecular weight is 361 g/mol. The van der Waals surface area contributed by atoms with E-state index in [1.54, 1.807) is 0 Å². The van der Waals surface area contributed by atoms with Crippen LogP contribution in [-0.4, -0.2) is 19.0 Å². The molecule has 0 saturated carbocycles. The highest BCUT2D eigenvalue weighted by Crippen LogP contribution is 2.32. The van der Waals surface area contributed by atoms with E-state index >= 15 is 0 Å². The molecule has 0 aromatic heterocycles. The van der Waals surface area contributed by atoms with Gasteiger partial charge in [0.05, 0.1) is 6.61 Å². The topological polar surface area (TPSA) is 21.3 Å². The number of hydrogen-bond donors (Lipinski definition) is 1. The minimum Gasteiger partial charge on any atom is -0.493 e. The maximum Gasteiger partial charge on any atom is 0.127 e. The maximum atomic E-state index is 5.87. The maximum absolute atomic E-state index is 5.87. The second-order valence-corrected chi connectivity index (χ2v) is 6.71. The van der Waals surface area contributed by atoms with Gasteiger partial charge < -0.3 is 10.1 Å². The summed E-state index contributed by atoms with van der Waals surface area (Å²) in [4.78, 5) is 0. The molecule has 20 heavy (non-hydrogen) atoms. The first-order valence-electron chi connectivity index (χ1n) is 7.45. The number of halogens is 2. The predicted molar refractivity (Wildman–Crippen MR) is 88.8 cm³/mol. The normalized spacial score (nSPS) is 14.9. The number of alkyl halides is 1. The Bertz CT molecular complexity index is 433. The highest BCUT2D eigenvalue weighted by molar-refractivity contribution is 9.10. The zero-order chi connectivity index (χ0) is 14.4. The smallest absolute Gasteiger partial charge is 0.127 e. The number of ether oxygens (including phenoxy) is 1. The van der Waals surface area contributed by atoms with E-state index in [2.05, 4.69) is 40.3 Å². The summed E-state index contributed by atoms with van der Waals surface area (Å²) in [5.74, 6) is 2.52. The second kappa shape index (κ2) is 8.26. The fourth-order valence-electron chi connectivity index (χ4n) is 2.80. The van der Waals surface area contributed by atoms with Gasteiger partial charge in [0, 0.05) is 28.9 Å². The van der Waals surface area contributed by atoms with Crippen LogP contribution in [0.15, 0.2) is 16.6 Å². The van der Waals surface area contributed by atoms with Crippen molar-refractivity contribution < 1.29 is 4.74 Å². The monoisotopic (exact) mass is 359 g/mol. The summed E-state index contributed by atoms with van der Waals surface area (Å²) >= 11 is 9.46. The fourth-order valence-corrected chi connectivity index (χ4v) is 3.66. The van der Waals surface area contributed by atoms with Crippen LogP contribution >= 0.6 is 27.5 Å². The van der Waals surface area contributed by atoms with Gasteiger partial charge in [-0.25, -0.2) is 0 Å². The molecule has 1 heterocycles. The van der Waals surface area contributed by atoms with Gasteiger partial charge in [-0.05, 0) is 43.0 Å². The van der Waals surface area contributed by atoms with E-state index in [9.17, 15) is 0 Å². The Morgan fingerprint density at radius 3 is 3.00 bits per heavy atom. The van der Waals surface area contributed by atoms with E-state index in [1.165, 1.54) is 24.0 Å². The molecule has 0 amide bonds. The summed E-state index contributed by atoms with van der Waals surface area (Å²) in [6, 6.07) is 4.33. The summed E-state index contributed by atoms with van der Waals surface area (Å²) in [6.45, 7) is 4.94. The lowest BCUT2D eigenvalue weighted by Crippen LogP contribution is -2.23. The van der Waals surface area contributed by atoms with Gasteiger partial charge in [-0.3, -0.25) is 0 Å². The number of benzene rings is 1. The Hall–Kier alpha value is -0.250. The fraction of sp³-hybridized carbons (Fsp3) is 0.625. The van der Waals surface area contributed by atoms with Gasteiger partial charge in [0.15, 0.2) is 0 Å². The first kappa shape index (κ1) is 16.1. The van der Waals surface area contributed by atoms with Crippen molar-refractivity contribution in [2.75, 3.05) is 19.0 Å². The van der Waals surface area contributed by atoms with E-state index in [1.807, 2.05) is 0 Å². The van der Waals surface area contributed by atoms with Gasteiger partial charge >= 0.3 is 0 Å². The Morgan fingerprint density at radius 1 is 1.40 bits per heavy atom. The van der Waals surface area contributed by atoms with E-state index in [-0.39, 0.29) is 0 Å². The van der Waals surface area contributed by atoms with Crippen LogP contribution in [0.2, 0.25) is 0 Å². The lowest BCUT2D eigenvalue weighted by Gasteiger charge is -2.16. The molecule has 1 N–H and O–H groups in total. The van der Waals surface area contributed by atoms with Crippen molar-refractivity contribution in [1.82, 2.24) is 5.32 Å². The molecule has 2 rings (SSSR count). The zero-order valence-electron chi connectivity index (χ0n) is 12.1. The molecule has 1 aliphatic rings. The van der Waals surface area contributed by atoms with Crippen LogP contribution in [0.5, 0.6) is 5.75 Å². The van der Waals surface area contributed by atoms with Crippen molar-refractivity contribution in [3.8, 4) is 5.75 Å². The second-order valence-electron chi connectivity index (χ2n) is 5.41. The Kier molecular flexibility index (Phi) is 6.66. The summed E-state index contributed by atoms with van der Waals surface area (Å²) in [5.41, 5.74) is 2.58. The minimum absolute atomic E-state index is 0.679. The van der Waals surface area contributed by atoms with Gasteiger partial charge in [0.1, 0.15) is 5.75 Å². The third-order valence-electron chi connectivity index (χ3n) is 3.79. The van der Waals surface area contributed by atoms with Crippen LogP contribution in [0, 0.1) is 5.92 Å². The Morgan fingerprint density at radius 2 is 2.25 bits per heavy atom. The van der Waals surface area contributed by atoms with Crippen LogP contribution in [0.1, 0.15) is 37.3 Å². The molecular weight excluding hydrogens is 338 g/mol. The van der Waals surface area contributed by atoms with Crippen LogP contribution in [0.3, 0.4) is 0 Å². The zero-order valence-corrected chi connectivity index (χ0v) is 14.4. The molecule has 1 aliphatic heterocycles. The van der Waals surface area contributed by atoms with Gasteiger partial charge in [0.25, 0.3) is 0 Å². The lowest BCUT2D eigenvalue weighted by atomic mass is 10.0. The number of nitrogens with one attached hydrogen (secondary N) is 1. The van der Waals surface area contributed by atoms with Crippen molar-refractivity contribution in [2.45, 2.75) is 39.2 Å². The van der Waals surface area contributed by atoms with Gasteiger partial charge in [-0.15, -0.1) is 11.6 Å². The standard InChI is InChI=1S/C16H23BrClNO/c1-2-3-12(4-6-18)10-19-11-14-9-15(17)8-13-5-7-20-16(13)14/h8-9,12,19H,2-7,10-11H2,1H3. The van der Waals surface area contributed by atoms with E-state index < -0.39 is 0 Å². The van der Waals surface area contributed by atoms with Crippen LogP contribution in [0.25, 0.3) is 0 Å². The van der Waals surface area contributed by atoms with Crippen molar-refractivity contribution in [3.05, 3.63) is 27.7 Å². The minimum atomic E-state index is 0.679. The molecule has 112 valence electrons. The Balaban J connectivity index is 1.91. The number of hydrogen-bond acceptors (Lipinski definition) is 2. The molecule has 1 atom stereocenters. The van der Waals surface area contributed by atoms with Crippen molar-refractivity contribution in [3.63, 3.8) is 0 Å². The third kappa shape index (κ3) is 4.37. The van der Waals surface area contributed by atoms with Crippen molar-refractivity contribution >= 4 is 27.5 Å². The predicted octanol–water partition coefficient (Wildman–Crippen LogP) is 4.52. The average Bonchev–Trinajstić information content (AvgIpc) is 2.87. The lowest BCUT2D eigenvalue weighted by molar-refractivity contribution is 0.351. The third-order valence-corrected chi connectivity index (χ3v) is 4.46. The molecular formula is C16H23BrClNO. The summed E-state index contributed by atoms with van der Waals surface area (Å²) in [6.07, 6.45) is 4.58. The van der Waals surface area contributed by atoms with Crippen LogP contribution in [0.4, 0.5) is 0 Å². The quantitative estimate of drug-likeness (QED) is 0.688. The SMILES string of the molecule is CCCC(CCCl)CNCc1cc(Br)cc2c1OCC2. The van der Waals surface area contributed by atoms with Crippen LogP contribution in [-0.2, 0) is 13.0 Å². The molecule has 2 nitrogen and oxygen atoms in total. The highest BCUT2D eigenvalue weighted by Gasteiger charge is 2.17. The molecule has 4 heteroatoms. The molecule has 1 unspecified atom stereocenters. The van der Waals surface area contributed by atoms with E-state index in [0.717, 1.165) is 48.6 Å². The van der Waals surface area contributed by atoms with Crippen molar-refractivity contribution in [2.24, 2.45) is 5.92 Å². The molecule has 0 fully saturated rings. The molecule has 0 aliphatic carbocycles. The number of rotatable bonds is 8. The molecule has 0 bridgehead atoms. The largest absolute Gasteiger partial charge is 0.493 e. The molecule has 0 radical (unpaired) electrons. The van der Waals surface area contributed by atoms with Crippen molar-refractivity contribution in [1.29, 1.82) is 0 Å². The highest BCUT2D eigenvalue weighted by atomic mass is 79.9. The van der Waals surface area contributed by atoms with Gasteiger partial charge in [0.2, 0.25) is 0 Å². The summed E-state index contributed by atoms with van der Waals surface area (Å²) < 4.78 is 6.90. The van der Waals surface area contributed by atoms with Gasteiger partial charge in [-0.1, -0.05) is 29.3 Å². The van der Waals surface area contributed by atoms with E-state index in [0.29, 0.717) is 5.92 Å². The molecule has 1 aromatic rings. The first-order valence-corrected chi connectivity index (χ1v) is 8.78. The Labute approximate surface area is 135 Å². The molecule has 0 saturated heterocycles. The van der Waals surface area contributed by atoms with E-state index in [4.69, 9.17) is 16.3 Å². The van der Waals surface area contributed by atoms with Crippen LogP contribution < -0.4 is 10.1 Å². The number of fused-ring (bicyclic) bond motifs is 1. The molecule has 1 aromatic carbocycles. The summed E-state index contributed by atoms with van der Waals surface area (Å²) in [5, 5.41) is 3.57.